The van der Waals surface area contributed by atoms with Crippen molar-refractivity contribution < 1.29 is 5.11 Å². The maximum Gasteiger partial charge on any atom is 0.0667 e. The Morgan fingerprint density at radius 3 is 3.00 bits per heavy atom. The Hall–Kier alpha value is -0.0800. The Morgan fingerprint density at radius 1 is 1.20 bits per heavy atom. The lowest BCUT2D eigenvalue weighted by Gasteiger charge is -2.32. The van der Waals surface area contributed by atoms with E-state index in [1.54, 1.807) is 0 Å². The van der Waals surface area contributed by atoms with E-state index in [2.05, 4.69) is 4.90 Å². The molecule has 2 rings (SSSR count). The zero-order valence-corrected chi connectivity index (χ0v) is 6.29. The van der Waals surface area contributed by atoms with Crippen LogP contribution in [0.2, 0.25) is 0 Å². The highest BCUT2D eigenvalue weighted by molar-refractivity contribution is 4.85. The third kappa shape index (κ3) is 1.06. The van der Waals surface area contributed by atoms with E-state index >= 15 is 0 Å². The second kappa shape index (κ2) is 2.51. The molecule has 2 aliphatic rings. The summed E-state index contributed by atoms with van der Waals surface area (Å²) in [5.74, 6) is 0. The summed E-state index contributed by atoms with van der Waals surface area (Å²) >= 11 is 0. The standard InChI is InChI=1S/C8H15NO/c10-8-4-3-7-2-1-5-9(7)6-8/h7-8,10H,1-6H2/t7-,8+/m0/s1. The Labute approximate surface area is 61.8 Å². The van der Waals surface area contributed by atoms with Gasteiger partial charge in [0, 0.05) is 12.6 Å². The van der Waals surface area contributed by atoms with E-state index in [1.165, 1.54) is 25.8 Å². The van der Waals surface area contributed by atoms with Crippen LogP contribution >= 0.6 is 0 Å². The quantitative estimate of drug-likeness (QED) is 0.534. The maximum absolute atomic E-state index is 9.31. The third-order valence-corrected chi connectivity index (χ3v) is 2.78. The minimum atomic E-state index is -0.0330. The van der Waals surface area contributed by atoms with E-state index in [0.29, 0.717) is 0 Å². The molecule has 10 heavy (non-hydrogen) atoms. The van der Waals surface area contributed by atoms with Gasteiger partial charge in [-0.1, -0.05) is 0 Å². The average Bonchev–Trinajstić information content (AvgIpc) is 2.33. The van der Waals surface area contributed by atoms with Gasteiger partial charge in [0.05, 0.1) is 6.10 Å². The largest absolute Gasteiger partial charge is 0.392 e. The van der Waals surface area contributed by atoms with Gasteiger partial charge in [0.1, 0.15) is 0 Å². The number of piperidine rings is 1. The van der Waals surface area contributed by atoms with Crippen molar-refractivity contribution in [2.75, 3.05) is 13.1 Å². The zero-order valence-electron chi connectivity index (χ0n) is 6.29. The molecule has 1 N–H and O–H groups in total. The van der Waals surface area contributed by atoms with Gasteiger partial charge < -0.3 is 5.11 Å². The molecular formula is C8H15NO. The van der Waals surface area contributed by atoms with Gasteiger partial charge >= 0.3 is 0 Å². The van der Waals surface area contributed by atoms with Crippen molar-refractivity contribution in [1.82, 2.24) is 4.90 Å². The lowest BCUT2D eigenvalue weighted by atomic mass is 10.0. The minimum absolute atomic E-state index is 0.0330. The highest BCUT2D eigenvalue weighted by Gasteiger charge is 2.30. The molecule has 0 spiro atoms. The van der Waals surface area contributed by atoms with E-state index in [1.807, 2.05) is 0 Å². The molecule has 0 radical (unpaired) electrons. The number of hydrogen-bond donors (Lipinski definition) is 1. The van der Waals surface area contributed by atoms with Gasteiger partial charge in [-0.25, -0.2) is 0 Å². The number of nitrogens with zero attached hydrogens (tertiary/aromatic N) is 1. The minimum Gasteiger partial charge on any atom is -0.392 e. The molecule has 0 aromatic rings. The first-order chi connectivity index (χ1) is 4.86. The summed E-state index contributed by atoms with van der Waals surface area (Å²) in [7, 11) is 0. The first-order valence-electron chi connectivity index (χ1n) is 4.28. The Bertz CT molecular complexity index is 126. The number of aliphatic hydroxyl groups is 1. The van der Waals surface area contributed by atoms with Crippen LogP contribution in [0, 0.1) is 0 Å². The van der Waals surface area contributed by atoms with Crippen LogP contribution in [-0.2, 0) is 0 Å². The summed E-state index contributed by atoms with van der Waals surface area (Å²) in [4.78, 5) is 2.44. The van der Waals surface area contributed by atoms with Gasteiger partial charge in [-0.2, -0.15) is 0 Å². The summed E-state index contributed by atoms with van der Waals surface area (Å²) in [6, 6.07) is 0.823. The summed E-state index contributed by atoms with van der Waals surface area (Å²) in [5, 5.41) is 9.31. The first kappa shape index (κ1) is 6.62. The fourth-order valence-corrected chi connectivity index (χ4v) is 2.21. The molecule has 0 amide bonds. The lowest BCUT2D eigenvalue weighted by molar-refractivity contribution is 0.0559. The van der Waals surface area contributed by atoms with Gasteiger partial charge in [0.2, 0.25) is 0 Å². The second-order valence-corrected chi connectivity index (χ2v) is 3.52. The summed E-state index contributed by atoms with van der Waals surface area (Å²) in [5.41, 5.74) is 0. The van der Waals surface area contributed by atoms with E-state index in [0.717, 1.165) is 19.0 Å². The molecule has 0 unspecified atom stereocenters. The van der Waals surface area contributed by atoms with Crippen molar-refractivity contribution in [2.24, 2.45) is 0 Å². The van der Waals surface area contributed by atoms with Gasteiger partial charge in [0.15, 0.2) is 0 Å². The SMILES string of the molecule is O[C@@H]1CC[C@@H]2CCCN2C1. The van der Waals surface area contributed by atoms with Gasteiger partial charge in [-0.3, -0.25) is 4.90 Å². The van der Waals surface area contributed by atoms with Gasteiger partial charge in [0.25, 0.3) is 0 Å². The molecule has 2 heterocycles. The van der Waals surface area contributed by atoms with Crippen LogP contribution in [0.25, 0.3) is 0 Å². The maximum atomic E-state index is 9.31. The van der Waals surface area contributed by atoms with E-state index in [4.69, 9.17) is 0 Å². The van der Waals surface area contributed by atoms with E-state index in [9.17, 15) is 5.11 Å². The molecule has 2 saturated heterocycles. The molecule has 58 valence electrons. The third-order valence-electron chi connectivity index (χ3n) is 2.78. The predicted molar refractivity (Wildman–Crippen MR) is 39.8 cm³/mol. The topological polar surface area (TPSA) is 23.5 Å². The molecule has 0 saturated carbocycles. The fourth-order valence-electron chi connectivity index (χ4n) is 2.21. The molecule has 0 aliphatic carbocycles. The van der Waals surface area contributed by atoms with Crippen molar-refractivity contribution in [3.05, 3.63) is 0 Å². The first-order valence-corrected chi connectivity index (χ1v) is 4.28. The smallest absolute Gasteiger partial charge is 0.0667 e. The van der Waals surface area contributed by atoms with Crippen LogP contribution in [0.1, 0.15) is 25.7 Å². The van der Waals surface area contributed by atoms with Crippen molar-refractivity contribution in [1.29, 1.82) is 0 Å². The van der Waals surface area contributed by atoms with Gasteiger partial charge in [-0.15, -0.1) is 0 Å². The van der Waals surface area contributed by atoms with Crippen LogP contribution in [0.5, 0.6) is 0 Å². The monoisotopic (exact) mass is 141 g/mol. The second-order valence-electron chi connectivity index (χ2n) is 3.52. The summed E-state index contributed by atoms with van der Waals surface area (Å²) in [6.45, 7) is 2.16. The van der Waals surface area contributed by atoms with Crippen LogP contribution < -0.4 is 0 Å². The Morgan fingerprint density at radius 2 is 2.10 bits per heavy atom. The number of fused-ring (bicyclic) bond motifs is 1. The van der Waals surface area contributed by atoms with Crippen LogP contribution in [0.15, 0.2) is 0 Å². The van der Waals surface area contributed by atoms with Crippen molar-refractivity contribution >= 4 is 0 Å². The zero-order chi connectivity index (χ0) is 6.97. The highest BCUT2D eigenvalue weighted by atomic mass is 16.3. The van der Waals surface area contributed by atoms with Crippen molar-refractivity contribution in [3.63, 3.8) is 0 Å². The van der Waals surface area contributed by atoms with E-state index < -0.39 is 0 Å². The lowest BCUT2D eigenvalue weighted by Crippen LogP contribution is -2.41. The van der Waals surface area contributed by atoms with Crippen LogP contribution in [-0.4, -0.2) is 35.2 Å². The summed E-state index contributed by atoms with van der Waals surface area (Å²) < 4.78 is 0. The molecule has 2 nitrogen and oxygen atoms in total. The Balaban J connectivity index is 1.96. The highest BCUT2D eigenvalue weighted by Crippen LogP contribution is 2.26. The van der Waals surface area contributed by atoms with E-state index in [-0.39, 0.29) is 6.10 Å². The molecule has 2 aliphatic heterocycles. The normalized spacial score (nSPS) is 41.7. The molecule has 2 atom stereocenters. The molecule has 0 aromatic heterocycles. The number of hydrogen-bond acceptors (Lipinski definition) is 2. The molecule has 0 aromatic carbocycles. The molecule has 2 heteroatoms. The molecular weight excluding hydrogens is 126 g/mol. The predicted octanol–water partition coefficient (Wildman–Crippen LogP) is 0.605. The number of aliphatic hydroxyl groups excluding tert-OH is 1. The summed E-state index contributed by atoms with van der Waals surface area (Å²) in [6.07, 6.45) is 4.93. The Kier molecular flexibility index (Phi) is 1.66. The van der Waals surface area contributed by atoms with Crippen LogP contribution in [0.4, 0.5) is 0 Å². The number of rotatable bonds is 0. The van der Waals surface area contributed by atoms with Gasteiger partial charge in [-0.05, 0) is 32.2 Å². The average molecular weight is 141 g/mol. The molecule has 0 bridgehead atoms. The van der Waals surface area contributed by atoms with Crippen molar-refractivity contribution in [2.45, 2.75) is 37.8 Å². The van der Waals surface area contributed by atoms with Crippen molar-refractivity contribution in [3.8, 4) is 0 Å². The van der Waals surface area contributed by atoms with Crippen LogP contribution in [0.3, 0.4) is 0 Å². The molecule has 2 fully saturated rings. The fraction of sp³-hybridized carbons (Fsp3) is 1.00.